The lowest BCUT2D eigenvalue weighted by atomic mass is 10.1. The third-order valence-corrected chi connectivity index (χ3v) is 4.31. The number of hydrogen-bond acceptors (Lipinski definition) is 4. The van der Waals surface area contributed by atoms with Crippen LogP contribution in [0.1, 0.15) is 29.9 Å². The molecule has 3 heterocycles. The van der Waals surface area contributed by atoms with Gasteiger partial charge in [-0.25, -0.2) is 4.68 Å². The first-order valence-corrected chi connectivity index (χ1v) is 8.54. The minimum Gasteiger partial charge on any atom is -0.486 e. The highest BCUT2D eigenvalue weighted by molar-refractivity contribution is 5.93. The molecule has 0 unspecified atom stereocenters. The molecular formula is C20H20N4O2. The molecule has 0 aliphatic carbocycles. The van der Waals surface area contributed by atoms with E-state index in [4.69, 9.17) is 4.74 Å². The second-order valence-electron chi connectivity index (χ2n) is 6.98. The zero-order valence-electron chi connectivity index (χ0n) is 14.8. The number of benzene rings is 1. The van der Waals surface area contributed by atoms with Crippen LogP contribution >= 0.6 is 0 Å². The van der Waals surface area contributed by atoms with Gasteiger partial charge in [0.2, 0.25) is 0 Å². The fourth-order valence-electron chi connectivity index (χ4n) is 3.19. The Morgan fingerprint density at radius 2 is 2.00 bits per heavy atom. The van der Waals surface area contributed by atoms with E-state index in [1.165, 1.54) is 0 Å². The van der Waals surface area contributed by atoms with Gasteiger partial charge in [0, 0.05) is 30.7 Å². The molecule has 0 spiro atoms. The molecule has 3 aromatic rings. The summed E-state index contributed by atoms with van der Waals surface area (Å²) in [5.41, 5.74) is 1.71. The molecule has 1 aromatic carbocycles. The molecule has 0 N–H and O–H groups in total. The number of amides is 1. The summed E-state index contributed by atoms with van der Waals surface area (Å²) < 4.78 is 7.83. The first-order chi connectivity index (χ1) is 12.5. The van der Waals surface area contributed by atoms with Gasteiger partial charge in [-0.05, 0) is 38.1 Å². The Balaban J connectivity index is 1.67. The highest BCUT2D eigenvalue weighted by atomic mass is 16.5. The number of rotatable bonds is 2. The Morgan fingerprint density at radius 1 is 1.15 bits per heavy atom. The second-order valence-corrected chi connectivity index (χ2v) is 6.98. The molecule has 0 atom stereocenters. The fraction of sp³-hybridized carbons (Fsp3) is 0.250. The van der Waals surface area contributed by atoms with Gasteiger partial charge in [0.1, 0.15) is 17.0 Å². The van der Waals surface area contributed by atoms with Gasteiger partial charge >= 0.3 is 0 Å². The van der Waals surface area contributed by atoms with Crippen LogP contribution in [0.25, 0.3) is 5.69 Å². The first-order valence-electron chi connectivity index (χ1n) is 8.54. The minimum atomic E-state index is -0.484. The molecule has 4 rings (SSSR count). The summed E-state index contributed by atoms with van der Waals surface area (Å²) in [6, 6.07) is 13.3. The topological polar surface area (TPSA) is 60.2 Å². The summed E-state index contributed by atoms with van der Waals surface area (Å²) in [5.74, 6) is 0.707. The highest BCUT2D eigenvalue weighted by Crippen LogP contribution is 2.29. The van der Waals surface area contributed by atoms with Crippen molar-refractivity contribution in [2.24, 2.45) is 0 Å². The van der Waals surface area contributed by atoms with Gasteiger partial charge in [-0.2, -0.15) is 5.10 Å². The SMILES string of the molecule is CC1(C)CN(C(=O)c2cc(-n3cccn3)ccn2)Cc2ccccc2O1. The maximum Gasteiger partial charge on any atom is 0.272 e. The van der Waals surface area contributed by atoms with Gasteiger partial charge in [0.05, 0.1) is 12.2 Å². The number of hydrogen-bond donors (Lipinski definition) is 0. The van der Waals surface area contributed by atoms with Crippen molar-refractivity contribution in [3.63, 3.8) is 0 Å². The Bertz CT molecular complexity index is 934. The molecule has 0 bridgehead atoms. The van der Waals surface area contributed by atoms with Crippen molar-refractivity contribution in [1.29, 1.82) is 0 Å². The van der Waals surface area contributed by atoms with Crippen molar-refractivity contribution in [2.45, 2.75) is 26.0 Å². The molecule has 1 amide bonds. The van der Waals surface area contributed by atoms with Crippen LogP contribution in [-0.4, -0.2) is 37.7 Å². The number of ether oxygens (including phenoxy) is 1. The molecule has 0 saturated carbocycles. The van der Waals surface area contributed by atoms with Crippen molar-refractivity contribution >= 4 is 5.91 Å². The standard InChI is InChI=1S/C20H20N4O2/c1-20(2)14-23(13-15-6-3-4-7-18(15)26-20)19(25)17-12-16(8-10-21-17)24-11-5-9-22-24/h3-12H,13-14H2,1-2H3. The Labute approximate surface area is 152 Å². The van der Waals surface area contributed by atoms with Crippen LogP contribution in [0.4, 0.5) is 0 Å². The normalized spacial score (nSPS) is 15.7. The summed E-state index contributed by atoms with van der Waals surface area (Å²) in [4.78, 5) is 19.2. The van der Waals surface area contributed by atoms with Crippen LogP contribution < -0.4 is 4.74 Å². The van der Waals surface area contributed by atoms with Gasteiger partial charge in [0.15, 0.2) is 0 Å². The molecule has 1 aliphatic rings. The molecule has 1 aliphatic heterocycles. The van der Waals surface area contributed by atoms with Crippen LogP contribution in [0.3, 0.4) is 0 Å². The van der Waals surface area contributed by atoms with Crippen molar-refractivity contribution in [3.8, 4) is 11.4 Å². The number of carbonyl (C=O) groups excluding carboxylic acids is 1. The maximum atomic E-state index is 13.2. The second kappa shape index (κ2) is 6.29. The molecule has 0 radical (unpaired) electrons. The molecule has 0 fully saturated rings. The third-order valence-electron chi connectivity index (χ3n) is 4.31. The smallest absolute Gasteiger partial charge is 0.272 e. The highest BCUT2D eigenvalue weighted by Gasteiger charge is 2.32. The molecule has 0 saturated heterocycles. The summed E-state index contributed by atoms with van der Waals surface area (Å²) in [6.45, 7) is 4.95. The van der Waals surface area contributed by atoms with Crippen molar-refractivity contribution in [2.75, 3.05) is 6.54 Å². The lowest BCUT2D eigenvalue weighted by molar-refractivity contribution is 0.0496. The zero-order valence-corrected chi connectivity index (χ0v) is 14.8. The summed E-state index contributed by atoms with van der Waals surface area (Å²) >= 11 is 0. The minimum absolute atomic E-state index is 0.118. The molecule has 6 heteroatoms. The van der Waals surface area contributed by atoms with E-state index in [0.717, 1.165) is 17.0 Å². The third kappa shape index (κ3) is 3.18. The summed E-state index contributed by atoms with van der Waals surface area (Å²) in [7, 11) is 0. The van der Waals surface area contributed by atoms with E-state index in [1.807, 2.05) is 56.4 Å². The first kappa shape index (κ1) is 16.3. The molecule has 2 aromatic heterocycles. The zero-order chi connectivity index (χ0) is 18.1. The van der Waals surface area contributed by atoms with E-state index in [1.54, 1.807) is 28.0 Å². The van der Waals surface area contributed by atoms with E-state index < -0.39 is 5.60 Å². The predicted molar refractivity (Wildman–Crippen MR) is 97.2 cm³/mol. The van der Waals surface area contributed by atoms with Crippen molar-refractivity contribution < 1.29 is 9.53 Å². The molecule has 6 nitrogen and oxygen atoms in total. The summed E-state index contributed by atoms with van der Waals surface area (Å²) in [6.07, 6.45) is 5.17. The van der Waals surface area contributed by atoms with Gasteiger partial charge in [-0.15, -0.1) is 0 Å². The Kier molecular flexibility index (Phi) is 3.95. The lowest BCUT2D eigenvalue weighted by Gasteiger charge is -2.29. The van der Waals surface area contributed by atoms with Crippen LogP contribution in [0.15, 0.2) is 61.1 Å². The van der Waals surface area contributed by atoms with E-state index >= 15 is 0 Å². The summed E-state index contributed by atoms with van der Waals surface area (Å²) in [5, 5.41) is 4.21. The lowest BCUT2D eigenvalue weighted by Crippen LogP contribution is -2.43. The molecule has 26 heavy (non-hydrogen) atoms. The monoisotopic (exact) mass is 348 g/mol. The Hall–Kier alpha value is -3.15. The number of nitrogens with zero attached hydrogens (tertiary/aromatic N) is 4. The van der Waals surface area contributed by atoms with E-state index in [2.05, 4.69) is 10.1 Å². The number of fused-ring (bicyclic) bond motifs is 1. The van der Waals surface area contributed by atoms with E-state index in [9.17, 15) is 4.79 Å². The van der Waals surface area contributed by atoms with Crippen LogP contribution in [0, 0.1) is 0 Å². The van der Waals surface area contributed by atoms with Gasteiger partial charge in [-0.1, -0.05) is 18.2 Å². The van der Waals surface area contributed by atoms with Gasteiger partial charge < -0.3 is 9.64 Å². The quantitative estimate of drug-likeness (QED) is 0.714. The van der Waals surface area contributed by atoms with Crippen LogP contribution in [0.5, 0.6) is 5.75 Å². The predicted octanol–water partition coefficient (Wildman–Crippen LogP) is 3.08. The van der Waals surface area contributed by atoms with E-state index in [0.29, 0.717) is 18.8 Å². The van der Waals surface area contributed by atoms with Crippen molar-refractivity contribution in [1.82, 2.24) is 19.7 Å². The van der Waals surface area contributed by atoms with E-state index in [-0.39, 0.29) is 5.91 Å². The number of pyridine rings is 1. The van der Waals surface area contributed by atoms with Gasteiger partial charge in [-0.3, -0.25) is 9.78 Å². The number of para-hydroxylation sites is 1. The number of aromatic nitrogens is 3. The van der Waals surface area contributed by atoms with Gasteiger partial charge in [0.25, 0.3) is 5.91 Å². The largest absolute Gasteiger partial charge is 0.486 e. The van der Waals surface area contributed by atoms with Crippen LogP contribution in [-0.2, 0) is 6.54 Å². The van der Waals surface area contributed by atoms with Crippen molar-refractivity contribution in [3.05, 3.63) is 72.3 Å². The molecule has 132 valence electrons. The average Bonchev–Trinajstić information content (AvgIpc) is 3.12. The molecular weight excluding hydrogens is 328 g/mol. The average molecular weight is 348 g/mol. The Morgan fingerprint density at radius 3 is 2.81 bits per heavy atom. The number of carbonyl (C=O) groups is 1. The maximum absolute atomic E-state index is 13.2. The van der Waals surface area contributed by atoms with Crippen LogP contribution in [0.2, 0.25) is 0 Å². The fourth-order valence-corrected chi connectivity index (χ4v) is 3.19.